The summed E-state index contributed by atoms with van der Waals surface area (Å²) in [4.78, 5) is 6.87. The lowest BCUT2D eigenvalue weighted by atomic mass is 10.0. The maximum Gasteiger partial charge on any atom is 0.191 e. The fourth-order valence-electron chi connectivity index (χ4n) is 3.32. The molecule has 0 radical (unpaired) electrons. The third kappa shape index (κ3) is 9.07. The standard InChI is InChI=1S/C21H36N4O2.HI/c1-4-26-13-6-5-10-23-21(22-3)24-17-20(25-11-14-27-15-12-25)19-9-7-8-18(2)16-19;/h7-9,16,20H,4-6,10-15,17H2,1-3H3,(H2,22,23,24);1H. The van der Waals surface area contributed by atoms with Gasteiger partial charge in [0.15, 0.2) is 5.96 Å². The van der Waals surface area contributed by atoms with Gasteiger partial charge in [-0.2, -0.15) is 0 Å². The Hall–Kier alpha value is -0.900. The maximum absolute atomic E-state index is 5.54. The van der Waals surface area contributed by atoms with E-state index >= 15 is 0 Å². The van der Waals surface area contributed by atoms with Gasteiger partial charge in [-0.3, -0.25) is 9.89 Å². The molecule has 0 aromatic heterocycles. The summed E-state index contributed by atoms with van der Waals surface area (Å²) >= 11 is 0. The molecule has 0 bridgehead atoms. The Morgan fingerprint density at radius 3 is 2.71 bits per heavy atom. The molecule has 1 heterocycles. The molecule has 1 saturated heterocycles. The second-order valence-corrected chi connectivity index (χ2v) is 6.86. The normalized spacial score (nSPS) is 16.3. The summed E-state index contributed by atoms with van der Waals surface area (Å²) in [6.07, 6.45) is 2.14. The molecule has 0 spiro atoms. The van der Waals surface area contributed by atoms with E-state index in [1.807, 2.05) is 14.0 Å². The molecule has 1 aliphatic rings. The lowest BCUT2D eigenvalue weighted by molar-refractivity contribution is 0.0170. The molecule has 1 atom stereocenters. The first-order valence-electron chi connectivity index (χ1n) is 10.1. The van der Waals surface area contributed by atoms with Crippen LogP contribution in [0.1, 0.15) is 36.9 Å². The van der Waals surface area contributed by atoms with Crippen LogP contribution < -0.4 is 10.6 Å². The van der Waals surface area contributed by atoms with Gasteiger partial charge in [-0.15, -0.1) is 24.0 Å². The van der Waals surface area contributed by atoms with Gasteiger partial charge < -0.3 is 20.1 Å². The third-order valence-electron chi connectivity index (χ3n) is 4.81. The maximum atomic E-state index is 5.54. The van der Waals surface area contributed by atoms with Crippen molar-refractivity contribution in [1.29, 1.82) is 0 Å². The molecular weight excluding hydrogens is 467 g/mol. The zero-order valence-electron chi connectivity index (χ0n) is 17.6. The monoisotopic (exact) mass is 504 g/mol. The van der Waals surface area contributed by atoms with Gasteiger partial charge in [-0.05, 0) is 32.3 Å². The lowest BCUT2D eigenvalue weighted by Gasteiger charge is -2.35. The Balaban J connectivity index is 0.00000392. The highest BCUT2D eigenvalue weighted by molar-refractivity contribution is 14.0. The zero-order chi connectivity index (χ0) is 19.3. The molecule has 1 aromatic carbocycles. The highest BCUT2D eigenvalue weighted by atomic mass is 127. The van der Waals surface area contributed by atoms with Crippen molar-refractivity contribution in [3.63, 3.8) is 0 Å². The highest BCUT2D eigenvalue weighted by Crippen LogP contribution is 2.22. The van der Waals surface area contributed by atoms with Crippen molar-refractivity contribution in [2.45, 2.75) is 32.7 Å². The topological polar surface area (TPSA) is 58.1 Å². The number of guanidine groups is 1. The number of nitrogens with zero attached hydrogens (tertiary/aromatic N) is 2. The molecule has 28 heavy (non-hydrogen) atoms. The Morgan fingerprint density at radius 1 is 1.25 bits per heavy atom. The number of ether oxygens (including phenoxy) is 2. The van der Waals surface area contributed by atoms with Crippen LogP contribution >= 0.6 is 24.0 Å². The summed E-state index contributed by atoms with van der Waals surface area (Å²) in [5.41, 5.74) is 2.64. The molecule has 1 aliphatic heterocycles. The quantitative estimate of drug-likeness (QED) is 0.222. The largest absolute Gasteiger partial charge is 0.382 e. The van der Waals surface area contributed by atoms with Gasteiger partial charge >= 0.3 is 0 Å². The Labute approximate surface area is 187 Å². The van der Waals surface area contributed by atoms with E-state index < -0.39 is 0 Å². The van der Waals surface area contributed by atoms with Gasteiger partial charge in [0.2, 0.25) is 0 Å². The minimum Gasteiger partial charge on any atom is -0.382 e. The minimum absolute atomic E-state index is 0. The fourth-order valence-corrected chi connectivity index (χ4v) is 3.32. The first-order chi connectivity index (χ1) is 13.2. The van der Waals surface area contributed by atoms with E-state index in [0.29, 0.717) is 6.04 Å². The number of benzene rings is 1. The van der Waals surface area contributed by atoms with Crippen LogP contribution in [0.15, 0.2) is 29.3 Å². The molecule has 0 saturated carbocycles. The van der Waals surface area contributed by atoms with Crippen molar-refractivity contribution in [2.24, 2.45) is 4.99 Å². The number of nitrogens with one attached hydrogen (secondary N) is 2. The van der Waals surface area contributed by atoms with Crippen molar-refractivity contribution < 1.29 is 9.47 Å². The van der Waals surface area contributed by atoms with E-state index in [-0.39, 0.29) is 24.0 Å². The number of hydrogen-bond donors (Lipinski definition) is 2. The second kappa shape index (κ2) is 15.0. The summed E-state index contributed by atoms with van der Waals surface area (Å²) in [7, 11) is 1.83. The van der Waals surface area contributed by atoms with E-state index in [1.54, 1.807) is 0 Å². The zero-order valence-corrected chi connectivity index (χ0v) is 19.9. The number of rotatable bonds is 10. The van der Waals surface area contributed by atoms with Gasteiger partial charge in [0.1, 0.15) is 0 Å². The second-order valence-electron chi connectivity index (χ2n) is 6.86. The molecule has 6 nitrogen and oxygen atoms in total. The SMILES string of the molecule is CCOCCCCNC(=NC)NCC(c1cccc(C)c1)N1CCOCC1.I. The van der Waals surface area contributed by atoms with Crippen molar-refractivity contribution in [2.75, 3.05) is 59.7 Å². The van der Waals surface area contributed by atoms with Crippen LogP contribution in [-0.4, -0.2) is 70.5 Å². The number of unbranched alkanes of at least 4 members (excludes halogenated alkanes) is 1. The Kier molecular flexibility index (Phi) is 13.5. The smallest absolute Gasteiger partial charge is 0.191 e. The number of hydrogen-bond acceptors (Lipinski definition) is 4. The first kappa shape index (κ1) is 25.1. The number of aryl methyl sites for hydroxylation is 1. The number of aliphatic imine (C=N–C) groups is 1. The molecule has 160 valence electrons. The van der Waals surface area contributed by atoms with Crippen LogP contribution in [0.2, 0.25) is 0 Å². The average Bonchev–Trinajstić information content (AvgIpc) is 2.70. The van der Waals surface area contributed by atoms with E-state index in [2.05, 4.69) is 51.7 Å². The van der Waals surface area contributed by atoms with Crippen LogP contribution in [0.4, 0.5) is 0 Å². The van der Waals surface area contributed by atoms with Gasteiger partial charge in [0, 0.05) is 46.4 Å². The number of morpholine rings is 1. The summed E-state index contributed by atoms with van der Waals surface area (Å²) < 4.78 is 10.9. The van der Waals surface area contributed by atoms with Crippen molar-refractivity contribution in [3.05, 3.63) is 35.4 Å². The molecule has 1 fully saturated rings. The summed E-state index contributed by atoms with van der Waals surface area (Å²) in [5.74, 6) is 0.859. The Bertz CT molecular complexity index is 565. The summed E-state index contributed by atoms with van der Waals surface area (Å²) in [5, 5.41) is 6.92. The Morgan fingerprint density at radius 2 is 2.04 bits per heavy atom. The molecule has 2 N–H and O–H groups in total. The molecule has 0 aliphatic carbocycles. The van der Waals surface area contributed by atoms with Crippen molar-refractivity contribution in [3.8, 4) is 0 Å². The minimum atomic E-state index is 0. The van der Waals surface area contributed by atoms with E-state index in [9.17, 15) is 0 Å². The third-order valence-corrected chi connectivity index (χ3v) is 4.81. The van der Waals surface area contributed by atoms with E-state index in [1.165, 1.54) is 11.1 Å². The van der Waals surface area contributed by atoms with Crippen molar-refractivity contribution >= 4 is 29.9 Å². The predicted octanol–water partition coefficient (Wildman–Crippen LogP) is 2.97. The average molecular weight is 504 g/mol. The van der Waals surface area contributed by atoms with Gasteiger partial charge in [-0.25, -0.2) is 0 Å². The molecule has 1 unspecified atom stereocenters. The van der Waals surface area contributed by atoms with Crippen LogP contribution in [0.3, 0.4) is 0 Å². The van der Waals surface area contributed by atoms with Gasteiger partial charge in [-0.1, -0.05) is 29.8 Å². The van der Waals surface area contributed by atoms with Gasteiger partial charge in [0.25, 0.3) is 0 Å². The summed E-state index contributed by atoms with van der Waals surface area (Å²) in [6.45, 7) is 11.0. The highest BCUT2D eigenvalue weighted by Gasteiger charge is 2.23. The van der Waals surface area contributed by atoms with E-state index in [4.69, 9.17) is 9.47 Å². The predicted molar refractivity (Wildman–Crippen MR) is 127 cm³/mol. The van der Waals surface area contributed by atoms with Crippen LogP contribution in [0, 0.1) is 6.92 Å². The molecule has 0 amide bonds. The lowest BCUT2D eigenvalue weighted by Crippen LogP contribution is -2.46. The van der Waals surface area contributed by atoms with Crippen LogP contribution in [0.25, 0.3) is 0 Å². The van der Waals surface area contributed by atoms with Gasteiger partial charge in [0.05, 0.1) is 19.3 Å². The molecule has 7 heteroatoms. The van der Waals surface area contributed by atoms with Crippen LogP contribution in [-0.2, 0) is 9.47 Å². The number of halogens is 1. The van der Waals surface area contributed by atoms with Crippen molar-refractivity contribution in [1.82, 2.24) is 15.5 Å². The molecular formula is C21H37IN4O2. The molecule has 1 aromatic rings. The molecule has 2 rings (SSSR count). The first-order valence-corrected chi connectivity index (χ1v) is 10.1. The fraction of sp³-hybridized carbons (Fsp3) is 0.667. The van der Waals surface area contributed by atoms with Crippen LogP contribution in [0.5, 0.6) is 0 Å². The summed E-state index contributed by atoms with van der Waals surface area (Å²) in [6, 6.07) is 9.11. The van der Waals surface area contributed by atoms with E-state index in [0.717, 1.165) is 71.4 Å².